The van der Waals surface area contributed by atoms with E-state index in [4.69, 9.17) is 21.1 Å². The van der Waals surface area contributed by atoms with Crippen LogP contribution < -0.4 is 4.74 Å². The van der Waals surface area contributed by atoms with Gasteiger partial charge in [0.1, 0.15) is 5.75 Å². The van der Waals surface area contributed by atoms with Gasteiger partial charge in [-0.25, -0.2) is 4.79 Å². The first-order valence-corrected chi connectivity index (χ1v) is 7.46. The molecule has 2 atom stereocenters. The van der Waals surface area contributed by atoms with E-state index >= 15 is 0 Å². The van der Waals surface area contributed by atoms with E-state index in [0.717, 1.165) is 5.56 Å². The minimum absolute atomic E-state index is 0.436. The third-order valence-electron chi connectivity index (χ3n) is 4.15. The van der Waals surface area contributed by atoms with Crippen molar-refractivity contribution in [3.05, 3.63) is 65.2 Å². The van der Waals surface area contributed by atoms with E-state index in [9.17, 15) is 9.59 Å². The maximum Gasteiger partial charge on any atom is 0.336 e. The van der Waals surface area contributed by atoms with Gasteiger partial charge in [0, 0.05) is 11.5 Å². The third-order valence-corrected chi connectivity index (χ3v) is 4.70. The number of esters is 1. The molecule has 118 valence electrons. The fourth-order valence-corrected chi connectivity index (χ4v) is 3.51. The third kappa shape index (κ3) is 2.21. The van der Waals surface area contributed by atoms with Gasteiger partial charge in [0.2, 0.25) is 4.87 Å². The van der Waals surface area contributed by atoms with Gasteiger partial charge in [-0.3, -0.25) is 4.79 Å². The van der Waals surface area contributed by atoms with Gasteiger partial charge in [0.05, 0.1) is 14.2 Å². The molecule has 2 unspecified atom stereocenters. The van der Waals surface area contributed by atoms with E-state index in [-0.39, 0.29) is 0 Å². The minimum Gasteiger partial charge on any atom is -0.497 e. The monoisotopic (exact) mass is 330 g/mol. The highest BCUT2D eigenvalue weighted by molar-refractivity contribution is 6.50. The van der Waals surface area contributed by atoms with Crippen molar-refractivity contribution >= 4 is 23.4 Å². The van der Waals surface area contributed by atoms with Crippen molar-refractivity contribution in [2.24, 2.45) is 0 Å². The van der Waals surface area contributed by atoms with E-state index < -0.39 is 22.5 Å². The van der Waals surface area contributed by atoms with Gasteiger partial charge in [-0.05, 0) is 23.3 Å². The topological polar surface area (TPSA) is 52.6 Å². The first kappa shape index (κ1) is 15.6. The molecule has 1 aliphatic rings. The summed E-state index contributed by atoms with van der Waals surface area (Å²) in [5.41, 5.74) is 1.88. The Morgan fingerprint density at radius 2 is 1.87 bits per heavy atom. The van der Waals surface area contributed by atoms with Crippen molar-refractivity contribution in [3.8, 4) is 5.75 Å². The summed E-state index contributed by atoms with van der Waals surface area (Å²) in [5.74, 6) is -1.19. The number of hydrogen-bond donors (Lipinski definition) is 0. The van der Waals surface area contributed by atoms with Crippen molar-refractivity contribution in [2.45, 2.75) is 10.8 Å². The number of carbonyl (C=O) groups excluding carboxylic acids is 2. The summed E-state index contributed by atoms with van der Waals surface area (Å²) in [7, 11) is 2.78. The van der Waals surface area contributed by atoms with Gasteiger partial charge >= 0.3 is 5.97 Å². The number of carbonyl (C=O) groups is 2. The maximum absolute atomic E-state index is 12.8. The van der Waals surface area contributed by atoms with Gasteiger partial charge in [-0.1, -0.05) is 48.0 Å². The number of fused-ring (bicyclic) bond motifs is 1. The molecule has 3 rings (SSSR count). The zero-order valence-corrected chi connectivity index (χ0v) is 13.5. The summed E-state index contributed by atoms with van der Waals surface area (Å²) in [6.07, 6.45) is 0. The molecular formula is C18H15ClO4. The fourth-order valence-electron chi connectivity index (χ4n) is 3.09. The van der Waals surface area contributed by atoms with Crippen LogP contribution in [0.1, 0.15) is 27.4 Å². The van der Waals surface area contributed by atoms with Gasteiger partial charge in [-0.15, -0.1) is 0 Å². The van der Waals surface area contributed by atoms with Crippen LogP contribution in [0.15, 0.2) is 48.5 Å². The van der Waals surface area contributed by atoms with Crippen molar-refractivity contribution in [1.82, 2.24) is 0 Å². The summed E-state index contributed by atoms with van der Waals surface area (Å²) < 4.78 is 10.1. The number of hydrogen-bond acceptors (Lipinski definition) is 4. The number of Topliss-reactive ketones (excluding diaryl/α,β-unsaturated/α-hetero) is 1. The number of benzene rings is 2. The summed E-state index contributed by atoms with van der Waals surface area (Å²) in [6.45, 7) is 0. The molecule has 0 bridgehead atoms. The summed E-state index contributed by atoms with van der Waals surface area (Å²) >= 11 is 6.57. The molecule has 0 spiro atoms. The lowest BCUT2D eigenvalue weighted by Crippen LogP contribution is -2.43. The van der Waals surface area contributed by atoms with Crippen LogP contribution in [-0.2, 0) is 9.53 Å². The highest BCUT2D eigenvalue weighted by Crippen LogP contribution is 2.49. The average Bonchev–Trinajstić information content (AvgIpc) is 2.83. The van der Waals surface area contributed by atoms with Crippen molar-refractivity contribution < 1.29 is 19.1 Å². The number of ketones is 1. The minimum atomic E-state index is -1.80. The smallest absolute Gasteiger partial charge is 0.336 e. The SMILES string of the molecule is COC(=O)C1(Cl)C(=O)c2ccccc2C1c1cccc(OC)c1. The molecule has 4 nitrogen and oxygen atoms in total. The van der Waals surface area contributed by atoms with Gasteiger partial charge < -0.3 is 9.47 Å². The number of methoxy groups -OCH3 is 2. The lowest BCUT2D eigenvalue weighted by Gasteiger charge is -2.26. The standard InChI is InChI=1S/C18H15ClO4/c1-22-12-7-5-6-11(10-12)15-13-8-3-4-9-14(13)16(20)18(15,19)17(21)23-2/h3-10,15H,1-2H3. The van der Waals surface area contributed by atoms with Crippen LogP contribution in [0.4, 0.5) is 0 Å². The van der Waals surface area contributed by atoms with Gasteiger partial charge in [0.25, 0.3) is 0 Å². The molecule has 0 aliphatic heterocycles. The molecular weight excluding hydrogens is 316 g/mol. The second-order valence-corrected chi connectivity index (χ2v) is 5.93. The first-order chi connectivity index (χ1) is 11.0. The average molecular weight is 331 g/mol. The second-order valence-electron chi connectivity index (χ2n) is 5.33. The van der Waals surface area contributed by atoms with E-state index in [1.165, 1.54) is 7.11 Å². The summed E-state index contributed by atoms with van der Waals surface area (Å²) in [6, 6.07) is 14.2. The van der Waals surface area contributed by atoms with Crippen LogP contribution in [0.2, 0.25) is 0 Å². The molecule has 0 saturated carbocycles. The molecule has 2 aromatic carbocycles. The molecule has 1 aliphatic carbocycles. The Hall–Kier alpha value is -2.33. The first-order valence-electron chi connectivity index (χ1n) is 7.09. The van der Waals surface area contributed by atoms with Gasteiger partial charge in [-0.2, -0.15) is 0 Å². The van der Waals surface area contributed by atoms with Crippen LogP contribution in [-0.4, -0.2) is 30.8 Å². The highest BCUT2D eigenvalue weighted by Gasteiger charge is 2.58. The van der Waals surface area contributed by atoms with Crippen molar-refractivity contribution in [2.75, 3.05) is 14.2 Å². The van der Waals surface area contributed by atoms with Crippen molar-refractivity contribution in [3.63, 3.8) is 0 Å². The number of ether oxygens (including phenoxy) is 2. The fraction of sp³-hybridized carbons (Fsp3) is 0.222. The molecule has 5 heteroatoms. The zero-order chi connectivity index (χ0) is 16.6. The number of alkyl halides is 1. The largest absolute Gasteiger partial charge is 0.497 e. The maximum atomic E-state index is 12.8. The van der Waals surface area contributed by atoms with Crippen LogP contribution in [0.5, 0.6) is 5.75 Å². The van der Waals surface area contributed by atoms with Crippen LogP contribution in [0.3, 0.4) is 0 Å². The molecule has 0 N–H and O–H groups in total. The van der Waals surface area contributed by atoms with Crippen LogP contribution >= 0.6 is 11.6 Å². The molecule has 0 saturated heterocycles. The highest BCUT2D eigenvalue weighted by atomic mass is 35.5. The molecule has 0 amide bonds. The number of rotatable bonds is 3. The Kier molecular flexibility index (Phi) is 3.86. The lowest BCUT2D eigenvalue weighted by molar-refractivity contribution is -0.142. The normalized spacial score (nSPS) is 22.6. The molecule has 2 aromatic rings. The predicted octanol–water partition coefficient (Wildman–Crippen LogP) is 3.17. The van der Waals surface area contributed by atoms with Crippen molar-refractivity contribution in [1.29, 1.82) is 0 Å². The second kappa shape index (κ2) is 5.70. The number of halogens is 1. The molecule has 0 aromatic heterocycles. The molecule has 23 heavy (non-hydrogen) atoms. The van der Waals surface area contributed by atoms with E-state index in [2.05, 4.69) is 0 Å². The van der Waals surface area contributed by atoms with E-state index in [1.54, 1.807) is 37.4 Å². The Morgan fingerprint density at radius 3 is 2.57 bits per heavy atom. The summed E-state index contributed by atoms with van der Waals surface area (Å²) in [5, 5.41) is 0. The van der Waals surface area contributed by atoms with Crippen LogP contribution in [0.25, 0.3) is 0 Å². The Morgan fingerprint density at radius 1 is 1.13 bits per heavy atom. The summed E-state index contributed by atoms with van der Waals surface area (Å²) in [4.78, 5) is 23.3. The Labute approximate surface area is 139 Å². The Bertz CT molecular complexity index is 786. The molecule has 0 radical (unpaired) electrons. The quantitative estimate of drug-likeness (QED) is 0.493. The lowest BCUT2D eigenvalue weighted by atomic mass is 9.84. The van der Waals surface area contributed by atoms with Gasteiger partial charge in [0.15, 0.2) is 5.78 Å². The van der Waals surface area contributed by atoms with E-state index in [1.807, 2.05) is 18.2 Å². The Balaban J connectivity index is 2.24. The molecule has 0 fully saturated rings. The van der Waals surface area contributed by atoms with Crippen LogP contribution in [0, 0.1) is 0 Å². The molecule has 0 heterocycles. The predicted molar refractivity (Wildman–Crippen MR) is 86.2 cm³/mol. The zero-order valence-electron chi connectivity index (χ0n) is 12.7. The van der Waals surface area contributed by atoms with E-state index in [0.29, 0.717) is 16.9 Å².